The number of carbonyl (C=O) groups excluding carboxylic acids is 3. The summed E-state index contributed by atoms with van der Waals surface area (Å²) < 4.78 is 12.7. The van der Waals surface area contributed by atoms with Crippen LogP contribution < -0.4 is 15.4 Å². The van der Waals surface area contributed by atoms with E-state index in [1.54, 1.807) is 30.0 Å². The van der Waals surface area contributed by atoms with Crippen LogP contribution in [0.3, 0.4) is 0 Å². The molecule has 3 unspecified atom stereocenters. The van der Waals surface area contributed by atoms with Gasteiger partial charge in [-0.3, -0.25) is 9.59 Å². The number of hydrogen-bond donors (Lipinski definition) is 2. The van der Waals surface area contributed by atoms with E-state index in [9.17, 15) is 14.4 Å². The number of hydrogen-bond acceptors (Lipinski definition) is 5. The fourth-order valence-corrected chi connectivity index (χ4v) is 7.56. The van der Waals surface area contributed by atoms with Crippen molar-refractivity contribution >= 4 is 69.4 Å². The van der Waals surface area contributed by atoms with E-state index in [1.165, 1.54) is 0 Å². The Morgan fingerprint density at radius 1 is 1.05 bits per heavy atom. The van der Waals surface area contributed by atoms with Crippen molar-refractivity contribution in [3.63, 3.8) is 0 Å². The number of carbonyl (C=O) groups is 3. The minimum Gasteiger partial charge on any atom is -0.490 e. The average molecular weight is 734 g/mol. The van der Waals surface area contributed by atoms with Gasteiger partial charge in [0, 0.05) is 63.1 Å². The molecule has 3 aromatic carbocycles. The summed E-state index contributed by atoms with van der Waals surface area (Å²) in [7, 11) is 0. The zero-order chi connectivity index (χ0) is 30.3. The van der Waals surface area contributed by atoms with Crippen molar-refractivity contribution in [3.05, 3.63) is 91.0 Å². The van der Waals surface area contributed by atoms with Crippen LogP contribution in [0.25, 0.3) is 0 Å². The first-order valence-corrected chi connectivity index (χ1v) is 16.1. The molecule has 3 heterocycles. The zero-order valence-corrected chi connectivity index (χ0v) is 27.0. The second kappa shape index (κ2) is 12.2. The van der Waals surface area contributed by atoms with E-state index in [2.05, 4.69) is 33.2 Å². The predicted octanol–water partition coefficient (Wildman–Crippen LogP) is 6.83. The molecule has 3 atom stereocenters. The summed E-state index contributed by atoms with van der Waals surface area (Å²) in [6, 6.07) is 17.8. The van der Waals surface area contributed by atoms with Gasteiger partial charge in [-0.1, -0.05) is 41.4 Å². The first-order chi connectivity index (χ1) is 20.7. The van der Waals surface area contributed by atoms with Crippen LogP contribution in [0.5, 0.6) is 5.75 Å². The highest BCUT2D eigenvalue weighted by atomic mass is 127. The number of halogens is 3. The van der Waals surface area contributed by atoms with Crippen LogP contribution in [0, 0.1) is 3.57 Å². The van der Waals surface area contributed by atoms with Gasteiger partial charge >= 0.3 is 6.09 Å². The van der Waals surface area contributed by atoms with Gasteiger partial charge in [-0.05, 0) is 83.1 Å². The van der Waals surface area contributed by atoms with Crippen molar-refractivity contribution in [2.75, 3.05) is 25.0 Å². The standard InChI is InChI=1S/C32H30Cl2IN3O5/c1-2-42-31(41)38-12-10-22(11-13-38)43-27-9-7-21(35)16-23(27)29-32(24-8-6-20(34)15-26(24)36-30(32)40)25(17-28(39)37-29)18-4-3-5-19(33)14-18/h3-9,14-16,22,25,29H,2,10-13,17H2,1H3,(H,36,40)(H,37,39). The Hall–Kier alpha value is -3.02. The van der Waals surface area contributed by atoms with E-state index in [4.69, 9.17) is 32.7 Å². The molecule has 3 aliphatic heterocycles. The van der Waals surface area contributed by atoms with Gasteiger partial charge in [0.1, 0.15) is 17.3 Å². The van der Waals surface area contributed by atoms with Crippen LogP contribution in [0.15, 0.2) is 60.7 Å². The molecule has 2 fully saturated rings. The SMILES string of the molecule is CCOC(=O)N1CCC(Oc2ccc(I)cc2C2NC(=O)CC(c3cccc(Cl)c3)C23C(=O)Nc2cc(Cl)ccc23)CC1. The van der Waals surface area contributed by atoms with Crippen LogP contribution in [0.2, 0.25) is 10.0 Å². The van der Waals surface area contributed by atoms with Crippen molar-refractivity contribution < 1.29 is 23.9 Å². The molecule has 43 heavy (non-hydrogen) atoms. The second-order valence-electron chi connectivity index (χ2n) is 11.0. The molecule has 2 saturated heterocycles. The van der Waals surface area contributed by atoms with Crippen molar-refractivity contribution in [2.45, 2.75) is 49.7 Å². The van der Waals surface area contributed by atoms with Crippen molar-refractivity contribution in [1.29, 1.82) is 0 Å². The number of amides is 3. The number of ether oxygens (including phenoxy) is 2. The number of likely N-dealkylation sites (tertiary alicyclic amines) is 1. The highest BCUT2D eigenvalue weighted by Gasteiger charge is 2.61. The average Bonchev–Trinajstić information content (AvgIpc) is 3.26. The zero-order valence-electron chi connectivity index (χ0n) is 23.4. The van der Waals surface area contributed by atoms with Crippen molar-refractivity contribution in [2.24, 2.45) is 0 Å². The number of nitrogens with zero attached hydrogens (tertiary/aromatic N) is 1. The fraction of sp³-hybridized carbons (Fsp3) is 0.344. The number of rotatable bonds is 5. The monoisotopic (exact) mass is 733 g/mol. The smallest absolute Gasteiger partial charge is 0.409 e. The lowest BCUT2D eigenvalue weighted by atomic mass is 9.59. The Bertz CT molecular complexity index is 1590. The largest absolute Gasteiger partial charge is 0.490 e. The van der Waals surface area contributed by atoms with E-state index in [0.717, 1.165) is 14.7 Å². The number of anilines is 1. The molecule has 0 aromatic heterocycles. The number of fused-ring (bicyclic) bond motifs is 2. The third kappa shape index (κ3) is 5.55. The second-order valence-corrected chi connectivity index (χ2v) is 13.1. The molecule has 3 aliphatic rings. The first-order valence-electron chi connectivity index (χ1n) is 14.2. The molecular formula is C32H30Cl2IN3O5. The molecule has 0 aliphatic carbocycles. The molecule has 11 heteroatoms. The summed E-state index contributed by atoms with van der Waals surface area (Å²) in [6.45, 7) is 3.15. The molecule has 0 bridgehead atoms. The summed E-state index contributed by atoms with van der Waals surface area (Å²) in [5, 5.41) is 7.28. The van der Waals surface area contributed by atoms with E-state index < -0.39 is 17.4 Å². The molecule has 8 nitrogen and oxygen atoms in total. The minimum atomic E-state index is -1.21. The van der Waals surface area contributed by atoms with Crippen molar-refractivity contribution in [3.8, 4) is 5.75 Å². The van der Waals surface area contributed by atoms with Gasteiger partial charge in [0.25, 0.3) is 0 Å². The molecule has 6 rings (SSSR count). The molecule has 224 valence electrons. The molecular weight excluding hydrogens is 704 g/mol. The van der Waals surface area contributed by atoms with Gasteiger partial charge in [-0.2, -0.15) is 0 Å². The van der Waals surface area contributed by atoms with Crippen LogP contribution >= 0.6 is 45.8 Å². The van der Waals surface area contributed by atoms with Gasteiger partial charge in [-0.15, -0.1) is 0 Å². The number of nitrogens with one attached hydrogen (secondary N) is 2. The molecule has 0 radical (unpaired) electrons. The maximum absolute atomic E-state index is 14.4. The molecule has 3 amide bonds. The quantitative estimate of drug-likeness (QED) is 0.281. The topological polar surface area (TPSA) is 97.0 Å². The lowest BCUT2D eigenvalue weighted by molar-refractivity contribution is -0.131. The molecule has 3 aromatic rings. The molecule has 2 N–H and O–H groups in total. The summed E-state index contributed by atoms with van der Waals surface area (Å²) in [5.41, 5.74) is 1.66. The summed E-state index contributed by atoms with van der Waals surface area (Å²) >= 11 is 15.0. The van der Waals surface area contributed by atoms with Crippen LogP contribution in [0.4, 0.5) is 10.5 Å². The maximum Gasteiger partial charge on any atom is 0.409 e. The fourth-order valence-electron chi connectivity index (χ4n) is 6.67. The lowest BCUT2D eigenvalue weighted by Crippen LogP contribution is -2.57. The van der Waals surface area contributed by atoms with E-state index in [-0.39, 0.29) is 30.4 Å². The Balaban J connectivity index is 1.44. The van der Waals surface area contributed by atoms with Gasteiger partial charge < -0.3 is 25.0 Å². The van der Waals surface area contributed by atoms with Gasteiger partial charge in [0.15, 0.2) is 0 Å². The van der Waals surface area contributed by atoms with Crippen LogP contribution in [-0.4, -0.2) is 48.6 Å². The Morgan fingerprint density at radius 3 is 2.56 bits per heavy atom. The maximum atomic E-state index is 14.4. The lowest BCUT2D eigenvalue weighted by Gasteiger charge is -2.47. The summed E-state index contributed by atoms with van der Waals surface area (Å²) in [6.07, 6.45) is 0.866. The van der Waals surface area contributed by atoms with E-state index in [1.807, 2.05) is 42.5 Å². The van der Waals surface area contributed by atoms with E-state index in [0.29, 0.717) is 59.6 Å². The summed E-state index contributed by atoms with van der Waals surface area (Å²) in [5.74, 6) is -0.344. The normalized spacial score (nSPS) is 23.5. The van der Waals surface area contributed by atoms with Crippen LogP contribution in [0.1, 0.15) is 54.8 Å². The molecule has 1 spiro atoms. The first kappa shape index (κ1) is 30.0. The van der Waals surface area contributed by atoms with Crippen LogP contribution in [-0.2, 0) is 19.7 Å². The minimum absolute atomic E-state index is 0.0960. The van der Waals surface area contributed by atoms with Gasteiger partial charge in [0.2, 0.25) is 11.8 Å². The van der Waals surface area contributed by atoms with E-state index >= 15 is 0 Å². The molecule has 0 saturated carbocycles. The Morgan fingerprint density at radius 2 is 1.81 bits per heavy atom. The summed E-state index contributed by atoms with van der Waals surface area (Å²) in [4.78, 5) is 41.8. The Kier molecular flexibility index (Phi) is 8.50. The van der Waals surface area contributed by atoms with Gasteiger partial charge in [-0.25, -0.2) is 4.79 Å². The highest BCUT2D eigenvalue weighted by molar-refractivity contribution is 14.1. The predicted molar refractivity (Wildman–Crippen MR) is 173 cm³/mol. The van der Waals surface area contributed by atoms with Gasteiger partial charge in [0.05, 0.1) is 12.6 Å². The number of piperidine rings is 2. The third-order valence-corrected chi connectivity index (χ3v) is 9.69. The number of benzene rings is 3. The highest BCUT2D eigenvalue weighted by Crippen LogP contribution is 2.58. The van der Waals surface area contributed by atoms with Crippen molar-refractivity contribution in [1.82, 2.24) is 10.2 Å². The third-order valence-electron chi connectivity index (χ3n) is 8.55. The Labute approximate surface area is 273 Å².